The molecular weight excluding hydrogens is 300 g/mol. The third-order valence-electron chi connectivity index (χ3n) is 3.90. The topological polar surface area (TPSA) is 65.4 Å². The van der Waals surface area contributed by atoms with Crippen LogP contribution in [0.15, 0.2) is 34.1 Å². The van der Waals surface area contributed by atoms with Gasteiger partial charge in [0.2, 0.25) is 0 Å². The molecule has 112 valence electrons. The van der Waals surface area contributed by atoms with Gasteiger partial charge in [-0.25, -0.2) is 11.6 Å². The van der Waals surface area contributed by atoms with E-state index < -0.39 is 12.0 Å². The summed E-state index contributed by atoms with van der Waals surface area (Å²) in [5.74, 6) is 0.119. The molecule has 1 aliphatic rings. The molecule has 3 rings (SSSR count). The number of benzene rings is 1. The van der Waals surface area contributed by atoms with Gasteiger partial charge in [-0.05, 0) is 18.1 Å². The fourth-order valence-corrected chi connectivity index (χ4v) is 3.21. The highest BCUT2D eigenvalue weighted by molar-refractivity contribution is 6.31. The summed E-state index contributed by atoms with van der Waals surface area (Å²) in [5.41, 5.74) is 1.84. The highest BCUT2D eigenvalue weighted by Crippen LogP contribution is 2.40. The van der Waals surface area contributed by atoms with Crippen LogP contribution in [0.1, 0.15) is 36.8 Å². The Morgan fingerprint density at radius 2 is 2.14 bits per heavy atom. The Morgan fingerprint density at radius 3 is 2.82 bits per heavy atom. The second-order valence-electron chi connectivity index (χ2n) is 5.27. The molecule has 0 spiro atoms. The summed E-state index contributed by atoms with van der Waals surface area (Å²) < 4.78 is 0. The summed E-state index contributed by atoms with van der Waals surface area (Å²) in [6.07, 6.45) is 1.62. The molecule has 0 fully saturated rings. The molecule has 2 atom stereocenters. The van der Waals surface area contributed by atoms with Crippen molar-refractivity contribution < 1.29 is 0 Å². The Balaban J connectivity index is 2.24. The minimum absolute atomic E-state index is 0.243. The van der Waals surface area contributed by atoms with E-state index in [-0.39, 0.29) is 5.56 Å². The number of nitrogens with one attached hydrogen (secondary N) is 2. The smallest absolute Gasteiger partial charge is 0.272 e. The van der Waals surface area contributed by atoms with E-state index in [1.807, 2.05) is 25.1 Å². The summed E-state index contributed by atoms with van der Waals surface area (Å²) in [6, 6.07) is 6.86. The lowest BCUT2D eigenvalue weighted by molar-refractivity contribution is 0.765. The summed E-state index contributed by atoms with van der Waals surface area (Å²) >= 11 is 6.33. The predicted molar refractivity (Wildman–Crippen MR) is 87.1 cm³/mol. The Hall–Kier alpha value is -2.32. The zero-order valence-electron chi connectivity index (χ0n) is 12.1. The third-order valence-corrected chi connectivity index (χ3v) is 4.25. The summed E-state index contributed by atoms with van der Waals surface area (Å²) in [7, 11) is 0. The summed E-state index contributed by atoms with van der Waals surface area (Å²) in [5, 5.41) is 5.94. The number of halogens is 1. The van der Waals surface area contributed by atoms with Gasteiger partial charge in [0.15, 0.2) is 5.82 Å². The average Bonchev–Trinajstić information content (AvgIpc) is 2.88. The van der Waals surface area contributed by atoms with Gasteiger partial charge in [-0.1, -0.05) is 43.1 Å². The van der Waals surface area contributed by atoms with Crippen LogP contribution in [0, 0.1) is 6.57 Å². The lowest BCUT2D eigenvalue weighted by atomic mass is 9.81. The van der Waals surface area contributed by atoms with Crippen molar-refractivity contribution in [2.45, 2.75) is 31.7 Å². The molecule has 2 heterocycles. The van der Waals surface area contributed by atoms with Crippen molar-refractivity contribution in [3.63, 3.8) is 0 Å². The van der Waals surface area contributed by atoms with Crippen molar-refractivity contribution in [3.05, 3.63) is 62.2 Å². The lowest BCUT2D eigenvalue weighted by Crippen LogP contribution is -2.31. The first kappa shape index (κ1) is 14.6. The second-order valence-corrected chi connectivity index (χ2v) is 5.67. The molecule has 6 heteroatoms. The maximum Gasteiger partial charge on any atom is 0.272 e. The van der Waals surface area contributed by atoms with Crippen LogP contribution < -0.4 is 5.56 Å². The van der Waals surface area contributed by atoms with Crippen LogP contribution in [-0.4, -0.2) is 22.0 Å². The average molecular weight is 315 g/mol. The number of hydrogen-bond donors (Lipinski definition) is 2. The van der Waals surface area contributed by atoms with Crippen LogP contribution in [0.3, 0.4) is 0 Å². The number of H-pyrrole nitrogens is 2. The van der Waals surface area contributed by atoms with Gasteiger partial charge < -0.3 is 4.85 Å². The van der Waals surface area contributed by atoms with E-state index in [9.17, 15) is 4.79 Å². The Bertz CT molecular complexity index is 827. The van der Waals surface area contributed by atoms with Gasteiger partial charge in [-0.3, -0.25) is 15.0 Å². The molecule has 0 radical (unpaired) electrons. The normalized spacial score (nSPS) is 20.1. The van der Waals surface area contributed by atoms with Gasteiger partial charge in [0.05, 0.1) is 5.56 Å². The zero-order chi connectivity index (χ0) is 15.7. The first-order valence-electron chi connectivity index (χ1n) is 7.16. The molecule has 2 N–H and O–H groups in total. The molecule has 5 nitrogen and oxygen atoms in total. The number of aromatic nitrogens is 2. The van der Waals surface area contributed by atoms with Crippen LogP contribution >= 0.6 is 11.6 Å². The van der Waals surface area contributed by atoms with E-state index in [1.54, 1.807) is 6.07 Å². The first-order chi connectivity index (χ1) is 10.7. The van der Waals surface area contributed by atoms with Crippen molar-refractivity contribution in [1.82, 2.24) is 10.2 Å². The molecular formula is C16H15ClN4O. The first-order valence-corrected chi connectivity index (χ1v) is 7.54. The molecule has 1 aromatic carbocycles. The number of nitrogens with zero attached hydrogens (tertiary/aromatic N) is 2. The fraction of sp³-hybridized carbons (Fsp3) is 0.312. The van der Waals surface area contributed by atoms with Gasteiger partial charge in [0, 0.05) is 5.02 Å². The van der Waals surface area contributed by atoms with E-state index in [0.717, 1.165) is 24.1 Å². The molecule has 0 saturated carbocycles. The van der Waals surface area contributed by atoms with E-state index >= 15 is 0 Å². The number of hydrogen-bond acceptors (Lipinski definition) is 2. The predicted octanol–water partition coefficient (Wildman–Crippen LogP) is 3.66. The number of aromatic amines is 2. The molecule has 2 aromatic rings. The van der Waals surface area contributed by atoms with Crippen molar-refractivity contribution >= 4 is 23.1 Å². The highest BCUT2D eigenvalue weighted by Gasteiger charge is 2.42. The van der Waals surface area contributed by atoms with E-state index in [1.165, 1.54) is 0 Å². The minimum atomic E-state index is -0.496. The van der Waals surface area contributed by atoms with Crippen LogP contribution in [0.4, 0.5) is 5.82 Å². The number of rotatable bonds is 3. The van der Waals surface area contributed by atoms with Crippen LogP contribution in [0.2, 0.25) is 5.02 Å². The van der Waals surface area contributed by atoms with Crippen LogP contribution in [0.25, 0.3) is 4.85 Å². The molecule has 22 heavy (non-hydrogen) atoms. The largest absolute Gasteiger partial charge is 0.306 e. The van der Waals surface area contributed by atoms with Crippen molar-refractivity contribution in [1.29, 1.82) is 0 Å². The standard InChI is InChI=1S/C16H15ClN4O/c1-3-6-11-14(18-2)12(9-7-4-5-8-10(9)17)13-15(19-11)20-21-16(13)22/h4-5,7-8,12,14H,3,6H2,1H3,(H2,20,21,22). The highest BCUT2D eigenvalue weighted by atomic mass is 35.5. The van der Waals surface area contributed by atoms with Gasteiger partial charge >= 0.3 is 0 Å². The molecule has 1 aromatic heterocycles. The fourth-order valence-electron chi connectivity index (χ4n) is 2.96. The van der Waals surface area contributed by atoms with E-state index in [0.29, 0.717) is 16.4 Å². The Kier molecular flexibility index (Phi) is 3.86. The summed E-state index contributed by atoms with van der Waals surface area (Å²) in [6.45, 7) is 9.64. The monoisotopic (exact) mass is 314 g/mol. The Morgan fingerprint density at radius 1 is 1.36 bits per heavy atom. The molecule has 1 aliphatic heterocycles. The molecule has 0 aliphatic carbocycles. The maximum absolute atomic E-state index is 12.2. The van der Waals surface area contributed by atoms with Crippen molar-refractivity contribution in [2.75, 3.05) is 0 Å². The molecule has 0 saturated heterocycles. The minimum Gasteiger partial charge on any atom is -0.306 e. The SMILES string of the molecule is [C-]#[N+]C1C(CCC)=Nc2[nH][nH]c(=O)c2C1c1ccccc1Cl. The van der Waals surface area contributed by atoms with E-state index in [2.05, 4.69) is 20.0 Å². The van der Waals surface area contributed by atoms with Crippen molar-refractivity contribution in [3.8, 4) is 0 Å². The van der Waals surface area contributed by atoms with Crippen LogP contribution in [-0.2, 0) is 0 Å². The molecule has 0 amide bonds. The quantitative estimate of drug-likeness (QED) is 0.834. The van der Waals surface area contributed by atoms with Gasteiger partial charge in [-0.15, -0.1) is 0 Å². The zero-order valence-corrected chi connectivity index (χ0v) is 12.8. The lowest BCUT2D eigenvalue weighted by Gasteiger charge is -2.24. The molecule has 2 unspecified atom stereocenters. The number of aliphatic imine (C=N–C) groups is 1. The van der Waals surface area contributed by atoms with Gasteiger partial charge in [-0.2, -0.15) is 0 Å². The Labute approximate surface area is 132 Å². The second kappa shape index (κ2) is 5.82. The van der Waals surface area contributed by atoms with Gasteiger partial charge in [0.1, 0.15) is 11.6 Å². The maximum atomic E-state index is 12.2. The third kappa shape index (κ3) is 2.26. The van der Waals surface area contributed by atoms with Gasteiger partial charge in [0.25, 0.3) is 11.6 Å². The van der Waals surface area contributed by atoms with Crippen LogP contribution in [0.5, 0.6) is 0 Å². The van der Waals surface area contributed by atoms with Crippen molar-refractivity contribution in [2.24, 2.45) is 4.99 Å². The number of fused-ring (bicyclic) bond motifs is 1. The molecule has 0 bridgehead atoms. The van der Waals surface area contributed by atoms with E-state index in [4.69, 9.17) is 18.2 Å². The summed E-state index contributed by atoms with van der Waals surface area (Å²) in [4.78, 5) is 20.4.